The molecule has 5 nitrogen and oxygen atoms in total. The zero-order valence-corrected chi connectivity index (χ0v) is 14.8. The Morgan fingerprint density at radius 3 is 2.78 bits per heavy atom. The van der Waals surface area contributed by atoms with Crippen LogP contribution >= 0.6 is 0 Å². The van der Waals surface area contributed by atoms with Gasteiger partial charge in [0.25, 0.3) is 0 Å². The van der Waals surface area contributed by atoms with Gasteiger partial charge in [-0.1, -0.05) is 13.3 Å². The zero-order valence-electron chi connectivity index (χ0n) is 14.8. The van der Waals surface area contributed by atoms with Gasteiger partial charge in [0, 0.05) is 44.1 Å². The maximum atomic E-state index is 11.7. The van der Waals surface area contributed by atoms with E-state index in [1.54, 1.807) is 6.92 Å². The van der Waals surface area contributed by atoms with Crippen molar-refractivity contribution in [2.24, 2.45) is 23.0 Å². The van der Waals surface area contributed by atoms with Crippen LogP contribution in [0.2, 0.25) is 0 Å². The molecule has 0 aromatic carbocycles. The van der Waals surface area contributed by atoms with Crippen molar-refractivity contribution in [3.8, 4) is 0 Å². The highest BCUT2D eigenvalue weighted by atomic mass is 16.2. The van der Waals surface area contributed by atoms with Crippen LogP contribution in [0.1, 0.15) is 46.0 Å². The number of likely N-dealkylation sites (tertiary alicyclic amines) is 1. The first-order chi connectivity index (χ1) is 11.0. The highest BCUT2D eigenvalue weighted by Gasteiger charge is 2.50. The van der Waals surface area contributed by atoms with Crippen molar-refractivity contribution in [2.75, 3.05) is 32.7 Å². The molecule has 4 N–H and O–H groups in total. The number of fused-ring (bicyclic) bond motifs is 3. The Balaban J connectivity index is 1.73. The lowest BCUT2D eigenvalue weighted by atomic mass is 9.64. The maximum absolute atomic E-state index is 11.7. The van der Waals surface area contributed by atoms with E-state index in [4.69, 9.17) is 5.73 Å². The average molecular weight is 322 g/mol. The quantitative estimate of drug-likeness (QED) is 0.621. The molecule has 0 aromatic heterocycles. The number of carbonyl (C=O) groups is 1. The normalized spacial score (nSPS) is 38.3. The summed E-state index contributed by atoms with van der Waals surface area (Å²) in [6.07, 6.45) is 6.00. The molecule has 132 valence electrons. The molecule has 5 heteroatoms. The number of hydrogen-bond acceptors (Lipinski definition) is 4. The molecule has 0 radical (unpaired) electrons. The van der Waals surface area contributed by atoms with Crippen LogP contribution in [-0.4, -0.2) is 55.6 Å². The van der Waals surface area contributed by atoms with Crippen LogP contribution < -0.4 is 16.4 Å². The van der Waals surface area contributed by atoms with Gasteiger partial charge in [-0.2, -0.15) is 0 Å². The summed E-state index contributed by atoms with van der Waals surface area (Å²) in [6.45, 7) is 9.09. The summed E-state index contributed by atoms with van der Waals surface area (Å²) < 4.78 is 0. The van der Waals surface area contributed by atoms with E-state index < -0.39 is 0 Å². The van der Waals surface area contributed by atoms with Crippen LogP contribution in [0.25, 0.3) is 0 Å². The van der Waals surface area contributed by atoms with Gasteiger partial charge in [-0.15, -0.1) is 0 Å². The summed E-state index contributed by atoms with van der Waals surface area (Å²) in [7, 11) is 0. The number of nitrogens with zero attached hydrogens (tertiary/aromatic N) is 1. The predicted octanol–water partition coefficient (Wildman–Crippen LogP) is 0.940. The number of hydrogen-bond donors (Lipinski definition) is 3. The third-order valence-corrected chi connectivity index (χ3v) is 6.48. The number of piperidine rings is 1. The third-order valence-electron chi connectivity index (χ3n) is 6.48. The molecule has 3 heterocycles. The van der Waals surface area contributed by atoms with Crippen molar-refractivity contribution in [3.63, 3.8) is 0 Å². The van der Waals surface area contributed by atoms with Crippen LogP contribution in [-0.2, 0) is 4.79 Å². The minimum atomic E-state index is 0.220. The van der Waals surface area contributed by atoms with Crippen LogP contribution in [0.5, 0.6) is 0 Å². The maximum Gasteiger partial charge on any atom is 0.219 e. The second-order valence-electron chi connectivity index (χ2n) is 8.35. The number of nitrogens with one attached hydrogen (secondary N) is 2. The summed E-state index contributed by atoms with van der Waals surface area (Å²) >= 11 is 0. The third kappa shape index (κ3) is 3.72. The lowest BCUT2D eigenvalue weighted by Crippen LogP contribution is -2.67. The molecule has 23 heavy (non-hydrogen) atoms. The number of amides is 1. The Morgan fingerprint density at radius 1 is 1.26 bits per heavy atom. The topological polar surface area (TPSA) is 70.4 Å². The molecule has 3 rings (SSSR count). The molecular weight excluding hydrogens is 288 g/mol. The standard InChI is InChI=1S/C18H34N4O/c1-13-4-3-5-16(19)17-8-15(6-7-21-17)18(10-20-9-13)11-22(12-18)14(2)23/h13,15-17,20-21H,3-12,19H2,1-2H3/t13-,15?,16+,17?/m1/s1. The van der Waals surface area contributed by atoms with Crippen molar-refractivity contribution in [3.05, 3.63) is 0 Å². The van der Waals surface area contributed by atoms with Crippen LogP contribution in [0.3, 0.4) is 0 Å². The van der Waals surface area contributed by atoms with Crippen molar-refractivity contribution in [2.45, 2.75) is 58.0 Å². The van der Waals surface area contributed by atoms with Gasteiger partial charge in [-0.25, -0.2) is 0 Å². The minimum absolute atomic E-state index is 0.220. The minimum Gasteiger partial charge on any atom is -0.342 e. The van der Waals surface area contributed by atoms with Gasteiger partial charge in [0.15, 0.2) is 0 Å². The number of rotatable bonds is 0. The molecule has 3 fully saturated rings. The monoisotopic (exact) mass is 322 g/mol. The van der Waals surface area contributed by atoms with E-state index in [0.29, 0.717) is 17.9 Å². The molecule has 0 aromatic rings. The zero-order chi connectivity index (χ0) is 16.4. The number of nitrogens with two attached hydrogens (primary N) is 1. The van der Waals surface area contributed by atoms with E-state index >= 15 is 0 Å². The van der Waals surface area contributed by atoms with Crippen LogP contribution in [0.4, 0.5) is 0 Å². The van der Waals surface area contributed by atoms with Crippen LogP contribution in [0, 0.1) is 17.3 Å². The Bertz CT molecular complexity index is 421. The summed E-state index contributed by atoms with van der Waals surface area (Å²) in [5.41, 5.74) is 6.76. The van der Waals surface area contributed by atoms with Gasteiger partial charge >= 0.3 is 0 Å². The predicted molar refractivity (Wildman–Crippen MR) is 93.1 cm³/mol. The van der Waals surface area contributed by atoms with Gasteiger partial charge < -0.3 is 21.3 Å². The molecule has 3 saturated heterocycles. The average Bonchev–Trinajstić information content (AvgIpc) is 2.48. The van der Waals surface area contributed by atoms with Crippen molar-refractivity contribution in [1.82, 2.24) is 15.5 Å². The van der Waals surface area contributed by atoms with E-state index in [1.807, 2.05) is 4.90 Å². The highest BCUT2D eigenvalue weighted by molar-refractivity contribution is 5.74. The van der Waals surface area contributed by atoms with E-state index in [2.05, 4.69) is 17.6 Å². The number of carbonyl (C=O) groups excluding carboxylic acids is 1. The Morgan fingerprint density at radius 2 is 2.04 bits per heavy atom. The fraction of sp³-hybridized carbons (Fsp3) is 0.944. The van der Waals surface area contributed by atoms with Crippen molar-refractivity contribution < 1.29 is 4.79 Å². The highest BCUT2D eigenvalue weighted by Crippen LogP contribution is 2.43. The molecular formula is C18H34N4O. The van der Waals surface area contributed by atoms with Crippen LogP contribution in [0.15, 0.2) is 0 Å². The fourth-order valence-corrected chi connectivity index (χ4v) is 4.86. The van der Waals surface area contributed by atoms with Crippen molar-refractivity contribution in [1.29, 1.82) is 0 Å². The molecule has 2 bridgehead atoms. The smallest absolute Gasteiger partial charge is 0.219 e. The molecule has 0 aliphatic carbocycles. The van der Waals surface area contributed by atoms with Gasteiger partial charge in [-0.3, -0.25) is 4.79 Å². The van der Waals surface area contributed by atoms with Crippen molar-refractivity contribution >= 4 is 5.91 Å². The molecule has 4 atom stereocenters. The fourth-order valence-electron chi connectivity index (χ4n) is 4.86. The second-order valence-corrected chi connectivity index (χ2v) is 8.35. The van der Waals surface area contributed by atoms with E-state index in [-0.39, 0.29) is 17.4 Å². The summed E-state index contributed by atoms with van der Waals surface area (Å²) in [4.78, 5) is 13.7. The molecule has 1 amide bonds. The van der Waals surface area contributed by atoms with Gasteiger partial charge in [0.2, 0.25) is 5.91 Å². The Kier molecular flexibility index (Phi) is 5.29. The summed E-state index contributed by atoms with van der Waals surface area (Å²) in [5, 5.41) is 7.39. The van der Waals surface area contributed by atoms with E-state index in [9.17, 15) is 4.79 Å². The largest absolute Gasteiger partial charge is 0.342 e. The van der Waals surface area contributed by atoms with Gasteiger partial charge in [0.05, 0.1) is 0 Å². The summed E-state index contributed by atoms with van der Waals surface area (Å²) in [6, 6.07) is 0.727. The lowest BCUT2D eigenvalue weighted by molar-refractivity contribution is -0.146. The Labute approximate surface area is 140 Å². The van der Waals surface area contributed by atoms with Gasteiger partial charge in [-0.05, 0) is 50.6 Å². The molecule has 3 aliphatic heterocycles. The SMILES string of the molecule is CC(=O)N1CC2(CNC[C@H](C)CCC[C@H](N)C3CC2CCN3)C1. The molecule has 2 unspecified atom stereocenters. The first-order valence-electron chi connectivity index (χ1n) is 9.45. The van der Waals surface area contributed by atoms with E-state index in [1.165, 1.54) is 25.7 Å². The molecule has 1 spiro atoms. The summed E-state index contributed by atoms with van der Waals surface area (Å²) in [5.74, 6) is 1.60. The van der Waals surface area contributed by atoms with Gasteiger partial charge in [0.1, 0.15) is 0 Å². The molecule has 0 saturated carbocycles. The van der Waals surface area contributed by atoms with E-state index in [0.717, 1.165) is 39.1 Å². The molecule has 3 aliphatic rings. The second kappa shape index (κ2) is 7.08. The first-order valence-corrected chi connectivity index (χ1v) is 9.45. The first kappa shape index (κ1) is 17.2. The lowest BCUT2D eigenvalue weighted by Gasteiger charge is -2.56. The Hall–Kier alpha value is -0.650.